The van der Waals surface area contributed by atoms with Crippen LogP contribution in [0.25, 0.3) is 0 Å². The van der Waals surface area contributed by atoms with Gasteiger partial charge in [-0.25, -0.2) is 9.18 Å². The van der Waals surface area contributed by atoms with Gasteiger partial charge < -0.3 is 9.84 Å². The second-order valence-electron chi connectivity index (χ2n) is 2.17. The van der Waals surface area contributed by atoms with E-state index in [0.717, 1.165) is 0 Å². The second-order valence-corrected chi connectivity index (χ2v) is 3.03. The molecule has 1 aromatic rings. The van der Waals surface area contributed by atoms with Gasteiger partial charge in [-0.05, 0) is 28.1 Å². The van der Waals surface area contributed by atoms with E-state index in [1.54, 1.807) is 12.1 Å². The smallest absolute Gasteiger partial charge is 0.340 e. The van der Waals surface area contributed by atoms with Gasteiger partial charge in [-0.15, -0.1) is 0 Å². The van der Waals surface area contributed by atoms with E-state index in [2.05, 4.69) is 20.7 Å². The average Bonchev–Trinajstić information content (AvgIpc) is 2.04. The van der Waals surface area contributed by atoms with Gasteiger partial charge in [0.25, 0.3) is 0 Å². The minimum absolute atomic E-state index is 0.0179. The lowest BCUT2D eigenvalue weighted by atomic mass is 10.2. The Morgan fingerprint density at radius 3 is 2.85 bits per heavy atom. The lowest BCUT2D eigenvalue weighted by Gasteiger charge is -2.06. The van der Waals surface area contributed by atoms with Crippen LogP contribution in [-0.4, -0.2) is 17.9 Å². The Balaban J connectivity index is 3.17. The number of carboxylic acid groups (broad SMARTS) is 1. The molecule has 0 aromatic heterocycles. The molecular formula is C8H6BrFO3. The molecule has 0 saturated carbocycles. The molecule has 5 heteroatoms. The highest BCUT2D eigenvalue weighted by atomic mass is 79.9. The van der Waals surface area contributed by atoms with Gasteiger partial charge in [0.05, 0.1) is 0 Å². The standard InChI is InChI=1S/C8H6BrFO3/c9-5-2-1-3-6(13-4-10)7(5)8(11)12/h1-3H,4H2,(H,11,12). The SMILES string of the molecule is O=C(O)c1c(Br)cccc1OCF. The molecule has 0 fully saturated rings. The number of rotatable bonds is 3. The van der Waals surface area contributed by atoms with Crippen molar-refractivity contribution in [1.29, 1.82) is 0 Å². The largest absolute Gasteiger partial charge is 0.478 e. The molecule has 0 radical (unpaired) electrons. The van der Waals surface area contributed by atoms with E-state index in [0.29, 0.717) is 4.47 Å². The molecule has 0 aliphatic heterocycles. The molecule has 3 nitrogen and oxygen atoms in total. The third-order valence-corrected chi connectivity index (χ3v) is 2.06. The average molecular weight is 249 g/mol. The molecule has 1 rings (SSSR count). The molecule has 0 atom stereocenters. The van der Waals surface area contributed by atoms with Crippen molar-refractivity contribution in [2.24, 2.45) is 0 Å². The molecule has 0 aliphatic carbocycles. The lowest BCUT2D eigenvalue weighted by Crippen LogP contribution is -2.03. The van der Waals surface area contributed by atoms with Gasteiger partial charge in [0.2, 0.25) is 6.86 Å². The summed E-state index contributed by atoms with van der Waals surface area (Å²) in [7, 11) is 0. The molecule has 0 unspecified atom stereocenters. The van der Waals surface area contributed by atoms with E-state index in [4.69, 9.17) is 5.11 Å². The molecule has 13 heavy (non-hydrogen) atoms. The monoisotopic (exact) mass is 248 g/mol. The molecule has 0 heterocycles. The van der Waals surface area contributed by atoms with Gasteiger partial charge in [-0.2, -0.15) is 0 Å². The fourth-order valence-corrected chi connectivity index (χ4v) is 1.41. The molecule has 1 N–H and O–H groups in total. The van der Waals surface area contributed by atoms with Gasteiger partial charge in [-0.1, -0.05) is 6.07 Å². The Hall–Kier alpha value is -1.10. The van der Waals surface area contributed by atoms with Crippen molar-refractivity contribution in [1.82, 2.24) is 0 Å². The van der Waals surface area contributed by atoms with Crippen LogP contribution in [0.5, 0.6) is 5.75 Å². The third-order valence-electron chi connectivity index (χ3n) is 1.40. The van der Waals surface area contributed by atoms with Gasteiger partial charge in [-0.3, -0.25) is 0 Å². The van der Waals surface area contributed by atoms with Crippen molar-refractivity contribution in [2.75, 3.05) is 6.86 Å². The van der Waals surface area contributed by atoms with Crippen LogP contribution in [0, 0.1) is 0 Å². The van der Waals surface area contributed by atoms with Crippen LogP contribution in [0.3, 0.4) is 0 Å². The van der Waals surface area contributed by atoms with E-state index in [1.165, 1.54) is 6.07 Å². The van der Waals surface area contributed by atoms with Crippen LogP contribution < -0.4 is 4.74 Å². The maximum Gasteiger partial charge on any atom is 0.340 e. The zero-order valence-electron chi connectivity index (χ0n) is 6.46. The Morgan fingerprint density at radius 1 is 1.62 bits per heavy atom. The van der Waals surface area contributed by atoms with Crippen molar-refractivity contribution >= 4 is 21.9 Å². The summed E-state index contributed by atoms with van der Waals surface area (Å²) in [6.45, 7) is -1.04. The van der Waals surface area contributed by atoms with Crippen molar-refractivity contribution in [3.63, 3.8) is 0 Å². The molecular weight excluding hydrogens is 243 g/mol. The second kappa shape index (κ2) is 4.23. The summed E-state index contributed by atoms with van der Waals surface area (Å²) in [5.74, 6) is -1.14. The number of hydrogen-bond donors (Lipinski definition) is 1. The molecule has 0 saturated heterocycles. The number of carboxylic acids is 1. The van der Waals surface area contributed by atoms with E-state index >= 15 is 0 Å². The van der Waals surface area contributed by atoms with Gasteiger partial charge in [0.15, 0.2) is 0 Å². The van der Waals surface area contributed by atoms with Crippen LogP contribution in [0.1, 0.15) is 10.4 Å². The van der Waals surface area contributed by atoms with Crippen molar-refractivity contribution in [3.05, 3.63) is 28.2 Å². The number of halogens is 2. The quantitative estimate of drug-likeness (QED) is 0.894. The number of hydrogen-bond acceptors (Lipinski definition) is 2. The maximum absolute atomic E-state index is 11.8. The Morgan fingerprint density at radius 2 is 2.31 bits per heavy atom. The highest BCUT2D eigenvalue weighted by Crippen LogP contribution is 2.26. The molecule has 0 spiro atoms. The number of aromatic carboxylic acids is 1. The number of carbonyl (C=O) groups is 1. The van der Waals surface area contributed by atoms with Gasteiger partial charge >= 0.3 is 5.97 Å². The van der Waals surface area contributed by atoms with Crippen LogP contribution in [0.4, 0.5) is 4.39 Å². The summed E-state index contributed by atoms with van der Waals surface area (Å²) >= 11 is 3.03. The first-order valence-corrected chi connectivity index (χ1v) is 4.16. The third kappa shape index (κ3) is 2.18. The molecule has 0 amide bonds. The molecule has 0 aliphatic rings. The lowest BCUT2D eigenvalue weighted by molar-refractivity contribution is 0.0688. The Kier molecular flexibility index (Phi) is 3.25. The Labute approximate surface area is 82.3 Å². The minimum atomic E-state index is -1.16. The van der Waals surface area contributed by atoms with Crippen LogP contribution >= 0.6 is 15.9 Å². The van der Waals surface area contributed by atoms with Crippen LogP contribution in [-0.2, 0) is 0 Å². The summed E-state index contributed by atoms with van der Waals surface area (Å²) < 4.78 is 16.7. The highest BCUT2D eigenvalue weighted by molar-refractivity contribution is 9.10. The highest BCUT2D eigenvalue weighted by Gasteiger charge is 2.14. The summed E-state index contributed by atoms with van der Waals surface area (Å²) in [5, 5.41) is 8.74. The summed E-state index contributed by atoms with van der Waals surface area (Å²) in [6.07, 6.45) is 0. The molecule has 0 bridgehead atoms. The first-order valence-electron chi connectivity index (χ1n) is 3.37. The fourth-order valence-electron chi connectivity index (χ4n) is 0.891. The van der Waals surface area contributed by atoms with E-state index in [1.807, 2.05) is 0 Å². The predicted molar refractivity (Wildman–Crippen MR) is 47.7 cm³/mol. The van der Waals surface area contributed by atoms with E-state index < -0.39 is 12.8 Å². The molecule has 1 aromatic carbocycles. The van der Waals surface area contributed by atoms with Crippen molar-refractivity contribution in [2.45, 2.75) is 0 Å². The number of ether oxygens (including phenoxy) is 1. The predicted octanol–water partition coefficient (Wildman–Crippen LogP) is 2.45. The number of alkyl halides is 1. The summed E-state index contributed by atoms with van der Waals surface area (Å²) in [4.78, 5) is 10.7. The Bertz CT molecular complexity index is 327. The minimum Gasteiger partial charge on any atom is -0.478 e. The zero-order valence-corrected chi connectivity index (χ0v) is 8.04. The summed E-state index contributed by atoms with van der Waals surface area (Å²) in [6, 6.07) is 4.52. The first-order chi connectivity index (χ1) is 6.16. The molecule has 70 valence electrons. The maximum atomic E-state index is 11.8. The van der Waals surface area contributed by atoms with E-state index in [9.17, 15) is 9.18 Å². The summed E-state index contributed by atoms with van der Waals surface area (Å²) in [5.41, 5.74) is -0.0693. The first kappa shape index (κ1) is 9.98. The number of benzene rings is 1. The van der Waals surface area contributed by atoms with Crippen LogP contribution in [0.15, 0.2) is 22.7 Å². The normalized spacial score (nSPS) is 9.69. The van der Waals surface area contributed by atoms with Gasteiger partial charge in [0, 0.05) is 4.47 Å². The van der Waals surface area contributed by atoms with Crippen LogP contribution in [0.2, 0.25) is 0 Å². The van der Waals surface area contributed by atoms with Crippen molar-refractivity contribution < 1.29 is 19.0 Å². The van der Waals surface area contributed by atoms with E-state index in [-0.39, 0.29) is 11.3 Å². The van der Waals surface area contributed by atoms with Gasteiger partial charge in [0.1, 0.15) is 11.3 Å². The zero-order chi connectivity index (χ0) is 9.84. The fraction of sp³-hybridized carbons (Fsp3) is 0.125. The van der Waals surface area contributed by atoms with Crippen molar-refractivity contribution in [3.8, 4) is 5.75 Å². The topological polar surface area (TPSA) is 46.5 Å².